The van der Waals surface area contributed by atoms with E-state index in [1.807, 2.05) is 0 Å². The summed E-state index contributed by atoms with van der Waals surface area (Å²) in [5, 5.41) is 9.43. The van der Waals surface area contributed by atoms with Crippen molar-refractivity contribution >= 4 is 15.9 Å². The highest BCUT2D eigenvalue weighted by Gasteiger charge is 2.40. The summed E-state index contributed by atoms with van der Waals surface area (Å²) >= 11 is 0. The standard InChI is InChI=1S/C20H26N2O5S/c1-20(2,13-23)19(24)21-9-15-11-22(12-16(15)10-21)28(25,26)17-5-6-18-14(8-17)4-3-7-27-18/h5-6,8,23H,3-4,7,9-13H2,1-2H3. The molecule has 1 aromatic rings. The number of hydrogen-bond acceptors (Lipinski definition) is 5. The molecule has 3 aliphatic heterocycles. The van der Waals surface area contributed by atoms with E-state index in [-0.39, 0.29) is 12.5 Å². The second-order valence-electron chi connectivity index (χ2n) is 8.40. The van der Waals surface area contributed by atoms with Crippen LogP contribution < -0.4 is 4.74 Å². The summed E-state index contributed by atoms with van der Waals surface area (Å²) in [6.07, 6.45) is 1.72. The third-order valence-corrected chi connectivity index (χ3v) is 7.56. The maximum Gasteiger partial charge on any atom is 0.243 e. The minimum atomic E-state index is -3.59. The van der Waals surface area contributed by atoms with Crippen LogP contribution in [0.5, 0.6) is 5.75 Å². The van der Waals surface area contributed by atoms with Crippen LogP contribution in [-0.2, 0) is 21.2 Å². The molecular formula is C20H26N2O5S. The monoisotopic (exact) mass is 406 g/mol. The van der Waals surface area contributed by atoms with Crippen molar-refractivity contribution in [3.63, 3.8) is 0 Å². The first-order valence-electron chi connectivity index (χ1n) is 9.58. The molecule has 4 rings (SSSR count). The Morgan fingerprint density at radius 2 is 1.86 bits per heavy atom. The second-order valence-corrected chi connectivity index (χ2v) is 10.3. The van der Waals surface area contributed by atoms with E-state index in [0.717, 1.165) is 35.3 Å². The molecule has 28 heavy (non-hydrogen) atoms. The van der Waals surface area contributed by atoms with E-state index in [4.69, 9.17) is 4.74 Å². The molecule has 0 spiro atoms. The van der Waals surface area contributed by atoms with E-state index < -0.39 is 15.4 Å². The molecule has 1 amide bonds. The summed E-state index contributed by atoms with van der Waals surface area (Å²) in [6.45, 7) is 5.39. The minimum absolute atomic E-state index is 0.103. The molecule has 3 aliphatic rings. The number of benzene rings is 1. The molecule has 0 radical (unpaired) electrons. The number of carbonyl (C=O) groups excluding carboxylic acids is 1. The van der Waals surface area contributed by atoms with Gasteiger partial charge in [0.05, 0.1) is 23.5 Å². The summed E-state index contributed by atoms with van der Waals surface area (Å²) in [5.74, 6) is 0.668. The lowest BCUT2D eigenvalue weighted by molar-refractivity contribution is -0.141. The molecule has 0 bridgehead atoms. The van der Waals surface area contributed by atoms with Crippen molar-refractivity contribution in [3.05, 3.63) is 34.9 Å². The molecule has 0 saturated carbocycles. The summed E-state index contributed by atoms with van der Waals surface area (Å²) in [7, 11) is -3.59. The van der Waals surface area contributed by atoms with Gasteiger partial charge in [0, 0.05) is 26.2 Å². The van der Waals surface area contributed by atoms with Crippen LogP contribution in [0.1, 0.15) is 25.8 Å². The highest BCUT2D eigenvalue weighted by atomic mass is 32.2. The number of nitrogens with zero attached hydrogens (tertiary/aromatic N) is 2. The van der Waals surface area contributed by atoms with Gasteiger partial charge >= 0.3 is 0 Å². The molecule has 3 heterocycles. The second kappa shape index (κ2) is 6.86. The molecule has 0 atom stereocenters. The van der Waals surface area contributed by atoms with Crippen LogP contribution in [0.15, 0.2) is 34.2 Å². The third-order valence-electron chi connectivity index (χ3n) is 5.78. The highest BCUT2D eigenvalue weighted by molar-refractivity contribution is 7.89. The Morgan fingerprint density at radius 3 is 2.50 bits per heavy atom. The molecule has 0 saturated heterocycles. The quantitative estimate of drug-likeness (QED) is 0.759. The fourth-order valence-electron chi connectivity index (χ4n) is 4.00. The Balaban J connectivity index is 1.47. The highest BCUT2D eigenvalue weighted by Crippen LogP contribution is 2.34. The Morgan fingerprint density at radius 1 is 1.18 bits per heavy atom. The number of rotatable bonds is 4. The fraction of sp³-hybridized carbons (Fsp3) is 0.550. The van der Waals surface area contributed by atoms with E-state index in [1.54, 1.807) is 36.9 Å². The first-order chi connectivity index (χ1) is 13.2. The molecule has 1 N–H and O–H groups in total. The van der Waals surface area contributed by atoms with Crippen LogP contribution in [0.25, 0.3) is 0 Å². The number of sulfonamides is 1. The van der Waals surface area contributed by atoms with Crippen LogP contribution in [0.3, 0.4) is 0 Å². The van der Waals surface area contributed by atoms with Crippen LogP contribution in [0.4, 0.5) is 0 Å². The van der Waals surface area contributed by atoms with Crippen LogP contribution in [0, 0.1) is 5.41 Å². The van der Waals surface area contributed by atoms with Gasteiger partial charge in [-0.05, 0) is 61.6 Å². The number of hydrogen-bond donors (Lipinski definition) is 1. The summed E-state index contributed by atoms with van der Waals surface area (Å²) in [6, 6.07) is 5.09. The van der Waals surface area contributed by atoms with Crippen LogP contribution >= 0.6 is 0 Å². The van der Waals surface area contributed by atoms with Gasteiger partial charge in [-0.15, -0.1) is 0 Å². The minimum Gasteiger partial charge on any atom is -0.493 e. The lowest BCUT2D eigenvalue weighted by Crippen LogP contribution is -2.43. The van der Waals surface area contributed by atoms with Gasteiger partial charge in [-0.1, -0.05) is 0 Å². The van der Waals surface area contributed by atoms with Gasteiger partial charge in [-0.25, -0.2) is 8.42 Å². The molecule has 7 nitrogen and oxygen atoms in total. The van der Waals surface area contributed by atoms with Crippen molar-refractivity contribution in [2.75, 3.05) is 39.4 Å². The summed E-state index contributed by atoms with van der Waals surface area (Å²) < 4.78 is 33.3. The number of aryl methyl sites for hydroxylation is 1. The van der Waals surface area contributed by atoms with Gasteiger partial charge in [0.1, 0.15) is 5.75 Å². The smallest absolute Gasteiger partial charge is 0.243 e. The average Bonchev–Trinajstić information content (AvgIpc) is 3.26. The Bertz CT molecular complexity index is 933. The normalized spacial score (nSPS) is 20.2. The summed E-state index contributed by atoms with van der Waals surface area (Å²) in [5.41, 5.74) is 2.10. The molecule has 1 aromatic carbocycles. The maximum atomic E-state index is 13.1. The Hall–Kier alpha value is -1.90. The average molecular weight is 407 g/mol. The topological polar surface area (TPSA) is 87.2 Å². The SMILES string of the molecule is CC(C)(CO)C(=O)N1CC2=C(C1)CN(S(=O)(=O)c1ccc3c(c1)CCCO3)C2. The summed E-state index contributed by atoms with van der Waals surface area (Å²) in [4.78, 5) is 14.6. The van der Waals surface area contributed by atoms with Gasteiger partial charge in [0.2, 0.25) is 15.9 Å². The lowest BCUT2D eigenvalue weighted by atomic mass is 9.93. The molecule has 0 unspecified atom stereocenters. The predicted octanol–water partition coefficient (Wildman–Crippen LogP) is 1.17. The van der Waals surface area contributed by atoms with Crippen LogP contribution in [-0.4, -0.2) is 68.0 Å². The van der Waals surface area contributed by atoms with E-state index in [0.29, 0.717) is 37.7 Å². The largest absolute Gasteiger partial charge is 0.493 e. The van der Waals surface area contributed by atoms with E-state index >= 15 is 0 Å². The van der Waals surface area contributed by atoms with Gasteiger partial charge in [-0.3, -0.25) is 4.79 Å². The van der Waals surface area contributed by atoms with Gasteiger partial charge in [0.25, 0.3) is 0 Å². The zero-order valence-electron chi connectivity index (χ0n) is 16.3. The maximum absolute atomic E-state index is 13.1. The lowest BCUT2D eigenvalue weighted by Gasteiger charge is -2.29. The van der Waals surface area contributed by atoms with Crippen molar-refractivity contribution in [2.45, 2.75) is 31.6 Å². The van der Waals surface area contributed by atoms with E-state index in [1.165, 1.54) is 4.31 Å². The van der Waals surface area contributed by atoms with Gasteiger partial charge in [-0.2, -0.15) is 4.31 Å². The van der Waals surface area contributed by atoms with Gasteiger partial charge in [0.15, 0.2) is 0 Å². The number of aliphatic hydroxyl groups excluding tert-OH is 1. The van der Waals surface area contributed by atoms with Crippen molar-refractivity contribution < 1.29 is 23.1 Å². The van der Waals surface area contributed by atoms with Crippen LogP contribution in [0.2, 0.25) is 0 Å². The Labute approximate surface area is 165 Å². The predicted molar refractivity (Wildman–Crippen MR) is 103 cm³/mol. The van der Waals surface area contributed by atoms with E-state index in [2.05, 4.69) is 0 Å². The first-order valence-corrected chi connectivity index (χ1v) is 11.0. The van der Waals surface area contributed by atoms with Gasteiger partial charge < -0.3 is 14.7 Å². The fourth-order valence-corrected chi connectivity index (χ4v) is 5.48. The molecule has 152 valence electrons. The number of ether oxygens (including phenoxy) is 1. The number of amides is 1. The Kier molecular flexibility index (Phi) is 4.76. The number of carbonyl (C=O) groups is 1. The molecule has 8 heteroatoms. The zero-order valence-corrected chi connectivity index (χ0v) is 17.1. The van der Waals surface area contributed by atoms with Crippen molar-refractivity contribution in [1.29, 1.82) is 0 Å². The first kappa shape index (κ1) is 19.4. The third kappa shape index (κ3) is 3.23. The zero-order chi connectivity index (χ0) is 20.1. The number of aliphatic hydroxyl groups is 1. The molecule has 0 fully saturated rings. The molecular weight excluding hydrogens is 380 g/mol. The van der Waals surface area contributed by atoms with E-state index in [9.17, 15) is 18.3 Å². The van der Waals surface area contributed by atoms with Crippen molar-refractivity contribution in [1.82, 2.24) is 9.21 Å². The van der Waals surface area contributed by atoms with Crippen molar-refractivity contribution in [2.24, 2.45) is 5.41 Å². The van der Waals surface area contributed by atoms with Crippen molar-refractivity contribution in [3.8, 4) is 5.75 Å². The molecule has 0 aromatic heterocycles. The number of fused-ring (bicyclic) bond motifs is 1. The molecule has 0 aliphatic carbocycles.